The monoisotopic (exact) mass is 335 g/mol. The quantitative estimate of drug-likeness (QED) is 0.693. The van der Waals surface area contributed by atoms with Crippen molar-refractivity contribution >= 4 is 17.4 Å². The molecule has 0 spiro atoms. The van der Waals surface area contributed by atoms with Crippen LogP contribution in [0.15, 0.2) is 16.3 Å². The van der Waals surface area contributed by atoms with Crippen molar-refractivity contribution in [3.05, 3.63) is 11.3 Å². The Morgan fingerprint density at radius 2 is 1.88 bits per heavy atom. The van der Waals surface area contributed by atoms with E-state index < -0.39 is 0 Å². The van der Waals surface area contributed by atoms with Gasteiger partial charge in [-0.3, -0.25) is 14.6 Å². The molecule has 1 fully saturated rings. The Hall–Kier alpha value is -1.65. The van der Waals surface area contributed by atoms with Gasteiger partial charge in [-0.15, -0.1) is 0 Å². The molecule has 0 saturated heterocycles. The van der Waals surface area contributed by atoms with Crippen molar-refractivity contribution in [1.29, 1.82) is 0 Å². The van der Waals surface area contributed by atoms with Gasteiger partial charge in [0, 0.05) is 25.7 Å². The van der Waals surface area contributed by atoms with Gasteiger partial charge in [0.15, 0.2) is 5.78 Å². The topological polar surface area (TPSA) is 75.8 Å². The molecule has 1 amide bonds. The summed E-state index contributed by atoms with van der Waals surface area (Å²) < 4.78 is 0. The lowest BCUT2D eigenvalue weighted by atomic mass is 9.90. The van der Waals surface area contributed by atoms with Crippen LogP contribution < -0.4 is 5.73 Å². The van der Waals surface area contributed by atoms with Crippen LogP contribution in [0, 0.1) is 5.92 Å². The van der Waals surface area contributed by atoms with Gasteiger partial charge in [-0.2, -0.15) is 0 Å². The van der Waals surface area contributed by atoms with Crippen LogP contribution >= 0.6 is 0 Å². The van der Waals surface area contributed by atoms with E-state index in [1.165, 1.54) is 6.92 Å². The summed E-state index contributed by atoms with van der Waals surface area (Å²) in [7, 11) is 0. The van der Waals surface area contributed by atoms with Gasteiger partial charge >= 0.3 is 0 Å². The number of carbonyl (C=O) groups is 2. The summed E-state index contributed by atoms with van der Waals surface area (Å²) in [6, 6.07) is 0. The molecule has 136 valence electrons. The van der Waals surface area contributed by atoms with E-state index in [2.05, 4.69) is 25.8 Å². The van der Waals surface area contributed by atoms with Crippen molar-refractivity contribution in [3.8, 4) is 0 Å². The summed E-state index contributed by atoms with van der Waals surface area (Å²) in [5.41, 5.74) is 7.94. The molecule has 0 bridgehead atoms. The van der Waals surface area contributed by atoms with Crippen LogP contribution in [0.4, 0.5) is 0 Å². The first-order chi connectivity index (χ1) is 11.4. The van der Waals surface area contributed by atoms with Crippen molar-refractivity contribution in [3.63, 3.8) is 0 Å². The number of Topliss-reactive ketones (excluding diaryl/α,β-unsaturated/α-hetero) is 1. The fraction of sp³-hybridized carbons (Fsp3) is 0.737. The number of allylic oxidation sites excluding steroid dienone is 2. The van der Waals surface area contributed by atoms with Crippen molar-refractivity contribution in [2.24, 2.45) is 16.6 Å². The van der Waals surface area contributed by atoms with Crippen molar-refractivity contribution in [2.75, 3.05) is 19.6 Å². The number of nitrogens with two attached hydrogens (primary N) is 1. The fourth-order valence-electron chi connectivity index (χ4n) is 2.87. The molecule has 2 N–H and O–H groups in total. The molecule has 5 nitrogen and oxygen atoms in total. The summed E-state index contributed by atoms with van der Waals surface area (Å²) in [6.07, 6.45) is 5.59. The summed E-state index contributed by atoms with van der Waals surface area (Å²) in [5, 5.41) is 0. The number of ketones is 1. The van der Waals surface area contributed by atoms with Gasteiger partial charge in [-0.25, -0.2) is 0 Å². The first-order valence-corrected chi connectivity index (χ1v) is 9.17. The standard InChI is InChI=1S/C19H33N3O2/c1-5-11-22(12-10-14(2)3)18(24)13-21-17-9-7-6-8-16(17)19(20)15(4)23/h14H,5-13,20H2,1-4H3/b19-16-,21-17?. The molecule has 0 aromatic rings. The minimum atomic E-state index is -0.115. The molecule has 0 aromatic heterocycles. The van der Waals surface area contributed by atoms with E-state index in [0.717, 1.165) is 62.9 Å². The normalized spacial score (nSPS) is 18.8. The number of nitrogens with zero attached hydrogens (tertiary/aromatic N) is 2. The third-order valence-electron chi connectivity index (χ3n) is 4.37. The molecule has 1 saturated carbocycles. The molecule has 0 radical (unpaired) electrons. The molecule has 24 heavy (non-hydrogen) atoms. The second-order valence-corrected chi connectivity index (χ2v) is 6.98. The number of hydrogen-bond acceptors (Lipinski definition) is 4. The summed E-state index contributed by atoms with van der Waals surface area (Å²) >= 11 is 0. The first-order valence-electron chi connectivity index (χ1n) is 9.17. The highest BCUT2D eigenvalue weighted by atomic mass is 16.2. The van der Waals surface area contributed by atoms with Crippen molar-refractivity contribution < 1.29 is 9.59 Å². The minimum absolute atomic E-state index is 0.0660. The SMILES string of the molecule is CCCN(CCC(C)C)C(=O)CN=C1CCCC/C1=C(/N)C(C)=O. The zero-order valence-electron chi connectivity index (χ0n) is 15.7. The second kappa shape index (κ2) is 10.3. The van der Waals surface area contributed by atoms with Gasteiger partial charge in [0.1, 0.15) is 6.54 Å². The molecule has 0 aliphatic heterocycles. The number of rotatable bonds is 8. The molecular weight excluding hydrogens is 302 g/mol. The fourth-order valence-corrected chi connectivity index (χ4v) is 2.87. The average Bonchev–Trinajstić information content (AvgIpc) is 2.55. The van der Waals surface area contributed by atoms with Gasteiger partial charge in [0.05, 0.1) is 5.70 Å². The van der Waals surface area contributed by atoms with Crippen molar-refractivity contribution in [1.82, 2.24) is 4.90 Å². The summed E-state index contributed by atoms with van der Waals surface area (Å²) in [5.74, 6) is 0.526. The molecule has 1 aliphatic rings. The molecule has 5 heteroatoms. The highest BCUT2D eigenvalue weighted by Gasteiger charge is 2.19. The smallest absolute Gasteiger partial charge is 0.244 e. The van der Waals surface area contributed by atoms with E-state index in [-0.39, 0.29) is 18.2 Å². The van der Waals surface area contributed by atoms with Crippen LogP contribution in [0.2, 0.25) is 0 Å². The molecule has 0 aromatic carbocycles. The molecule has 0 atom stereocenters. The number of aliphatic imine (C=N–C) groups is 1. The molecule has 1 rings (SSSR count). The lowest BCUT2D eigenvalue weighted by Gasteiger charge is -2.23. The highest BCUT2D eigenvalue weighted by molar-refractivity contribution is 6.08. The van der Waals surface area contributed by atoms with Crippen molar-refractivity contribution in [2.45, 2.75) is 66.2 Å². The predicted molar refractivity (Wildman–Crippen MR) is 99.0 cm³/mol. The van der Waals surface area contributed by atoms with Crippen LogP contribution in [0.1, 0.15) is 66.2 Å². The van der Waals surface area contributed by atoms with Crippen LogP contribution in [0.3, 0.4) is 0 Å². The van der Waals surface area contributed by atoms with E-state index in [1.807, 2.05) is 4.90 Å². The lowest BCUT2D eigenvalue weighted by molar-refractivity contribution is -0.129. The molecule has 0 heterocycles. The Morgan fingerprint density at radius 3 is 2.46 bits per heavy atom. The Labute approximate surface area is 146 Å². The first kappa shape index (κ1) is 20.4. The maximum absolute atomic E-state index is 12.5. The third kappa shape index (κ3) is 6.46. The summed E-state index contributed by atoms with van der Waals surface area (Å²) in [6.45, 7) is 9.60. The van der Waals surface area contributed by atoms with Gasteiger partial charge in [0.25, 0.3) is 0 Å². The Kier molecular flexibility index (Phi) is 8.72. The maximum Gasteiger partial charge on any atom is 0.244 e. The third-order valence-corrected chi connectivity index (χ3v) is 4.37. The van der Waals surface area contributed by atoms with Gasteiger partial charge < -0.3 is 10.6 Å². The van der Waals surface area contributed by atoms with Crippen LogP contribution in [-0.2, 0) is 9.59 Å². The molecular formula is C19H33N3O2. The van der Waals surface area contributed by atoms with E-state index in [1.54, 1.807) is 0 Å². The van der Waals surface area contributed by atoms with Crippen LogP contribution in [-0.4, -0.2) is 41.9 Å². The number of carbonyl (C=O) groups excluding carboxylic acids is 2. The zero-order valence-corrected chi connectivity index (χ0v) is 15.7. The summed E-state index contributed by atoms with van der Waals surface area (Å²) in [4.78, 5) is 30.5. The highest BCUT2D eigenvalue weighted by Crippen LogP contribution is 2.23. The zero-order chi connectivity index (χ0) is 18.1. The number of amides is 1. The predicted octanol–water partition coefficient (Wildman–Crippen LogP) is 3.09. The minimum Gasteiger partial charge on any atom is -0.396 e. The number of hydrogen-bond donors (Lipinski definition) is 1. The van der Waals surface area contributed by atoms with E-state index in [9.17, 15) is 9.59 Å². The Balaban J connectivity index is 2.80. The molecule has 0 unspecified atom stereocenters. The van der Waals surface area contributed by atoms with E-state index >= 15 is 0 Å². The maximum atomic E-state index is 12.5. The van der Waals surface area contributed by atoms with Gasteiger partial charge in [-0.05, 0) is 50.0 Å². The Morgan fingerprint density at radius 1 is 1.21 bits per heavy atom. The van der Waals surface area contributed by atoms with Crippen LogP contribution in [0.25, 0.3) is 0 Å². The van der Waals surface area contributed by atoms with E-state index in [4.69, 9.17) is 5.73 Å². The molecule has 1 aliphatic carbocycles. The average molecular weight is 335 g/mol. The van der Waals surface area contributed by atoms with E-state index in [0.29, 0.717) is 11.6 Å². The second-order valence-electron chi connectivity index (χ2n) is 6.98. The Bertz CT molecular complexity index is 507. The lowest BCUT2D eigenvalue weighted by Crippen LogP contribution is -2.35. The van der Waals surface area contributed by atoms with Gasteiger partial charge in [-0.1, -0.05) is 20.8 Å². The van der Waals surface area contributed by atoms with Crippen LogP contribution in [0.5, 0.6) is 0 Å². The largest absolute Gasteiger partial charge is 0.396 e. The van der Waals surface area contributed by atoms with Gasteiger partial charge in [0.2, 0.25) is 5.91 Å².